The van der Waals surface area contributed by atoms with Gasteiger partial charge in [0.2, 0.25) is 0 Å². The van der Waals surface area contributed by atoms with Crippen LogP contribution in [0.2, 0.25) is 5.02 Å². The normalized spacial score (nSPS) is 10.6. The number of halogens is 1. The van der Waals surface area contributed by atoms with Gasteiger partial charge in [0.1, 0.15) is 5.75 Å². The number of carbonyl (C=O) groups excluding carboxylic acids is 2. The van der Waals surface area contributed by atoms with E-state index < -0.39 is 5.91 Å². The highest BCUT2D eigenvalue weighted by molar-refractivity contribution is 6.33. The highest BCUT2D eigenvalue weighted by Crippen LogP contribution is 2.28. The summed E-state index contributed by atoms with van der Waals surface area (Å²) >= 11 is 6.05. The Hall–Kier alpha value is -4.04. The van der Waals surface area contributed by atoms with Gasteiger partial charge < -0.3 is 19.5 Å². The number of hydrogen-bond acceptors (Lipinski definition) is 6. The lowest BCUT2D eigenvalue weighted by atomic mass is 10.1. The Morgan fingerprint density at radius 2 is 1.66 bits per heavy atom. The van der Waals surface area contributed by atoms with Gasteiger partial charge in [-0.2, -0.15) is 5.10 Å². The third-order valence-corrected chi connectivity index (χ3v) is 5.13. The van der Waals surface area contributed by atoms with Crippen molar-refractivity contribution in [1.82, 2.24) is 5.43 Å². The topological polar surface area (TPSA) is 98.2 Å². The van der Waals surface area contributed by atoms with Gasteiger partial charge in [-0.1, -0.05) is 35.9 Å². The smallest absolute Gasteiger partial charge is 0.277 e. The maximum Gasteiger partial charge on any atom is 0.277 e. The van der Waals surface area contributed by atoms with Crippen molar-refractivity contribution in [2.24, 2.45) is 5.10 Å². The fraction of sp³-hybridized carbons (Fsp3) is 0.192. The third kappa shape index (κ3) is 7.75. The second-order valence-electron chi connectivity index (χ2n) is 7.58. The molecule has 0 radical (unpaired) electrons. The van der Waals surface area contributed by atoms with Crippen molar-refractivity contribution in [2.75, 3.05) is 25.6 Å². The van der Waals surface area contributed by atoms with E-state index in [-0.39, 0.29) is 19.1 Å². The number of hydrogen-bond donors (Lipinski definition) is 2. The number of benzene rings is 3. The summed E-state index contributed by atoms with van der Waals surface area (Å²) in [4.78, 5) is 24.2. The van der Waals surface area contributed by atoms with E-state index in [1.807, 2.05) is 32.0 Å². The fourth-order valence-corrected chi connectivity index (χ4v) is 3.18. The summed E-state index contributed by atoms with van der Waals surface area (Å²) in [5, 5.41) is 7.07. The first-order valence-electron chi connectivity index (χ1n) is 10.7. The second kappa shape index (κ2) is 12.4. The molecule has 3 aromatic carbocycles. The molecule has 2 amide bonds. The van der Waals surface area contributed by atoms with Crippen molar-refractivity contribution in [3.8, 4) is 17.2 Å². The van der Waals surface area contributed by atoms with Crippen molar-refractivity contribution >= 4 is 35.3 Å². The molecule has 0 aliphatic carbocycles. The molecule has 0 saturated heterocycles. The molecule has 0 aliphatic rings. The summed E-state index contributed by atoms with van der Waals surface area (Å²) in [6.07, 6.45) is 1.46. The van der Waals surface area contributed by atoms with Crippen LogP contribution in [0.15, 0.2) is 65.8 Å². The summed E-state index contributed by atoms with van der Waals surface area (Å²) in [6, 6.07) is 17.7. The van der Waals surface area contributed by atoms with Gasteiger partial charge in [0.25, 0.3) is 11.8 Å². The predicted molar refractivity (Wildman–Crippen MR) is 136 cm³/mol. The van der Waals surface area contributed by atoms with Gasteiger partial charge >= 0.3 is 0 Å². The lowest BCUT2D eigenvalue weighted by molar-refractivity contribution is -0.123. The average molecular weight is 496 g/mol. The van der Waals surface area contributed by atoms with Crippen molar-refractivity contribution in [1.29, 1.82) is 0 Å². The molecule has 8 nitrogen and oxygen atoms in total. The van der Waals surface area contributed by atoms with E-state index in [4.69, 9.17) is 25.8 Å². The molecule has 0 saturated carbocycles. The predicted octanol–water partition coefficient (Wildman–Crippen LogP) is 4.51. The number of nitrogens with zero attached hydrogens (tertiary/aromatic N) is 1. The van der Waals surface area contributed by atoms with Gasteiger partial charge in [-0.3, -0.25) is 9.59 Å². The first-order valence-corrected chi connectivity index (χ1v) is 11.1. The number of aryl methyl sites for hydroxylation is 2. The van der Waals surface area contributed by atoms with Gasteiger partial charge in [0.15, 0.2) is 24.7 Å². The van der Waals surface area contributed by atoms with E-state index in [1.165, 1.54) is 13.3 Å². The Balaban J connectivity index is 1.50. The van der Waals surface area contributed by atoms with E-state index in [0.717, 1.165) is 11.1 Å². The number of nitrogens with one attached hydrogen (secondary N) is 2. The zero-order chi connectivity index (χ0) is 25.2. The van der Waals surface area contributed by atoms with Crippen molar-refractivity contribution in [3.05, 3.63) is 82.4 Å². The van der Waals surface area contributed by atoms with Gasteiger partial charge in [-0.25, -0.2) is 5.43 Å². The molecule has 0 aliphatic heterocycles. The number of hydrazone groups is 1. The Kier molecular flexibility index (Phi) is 9.09. The number of para-hydroxylation sites is 1. The molecular formula is C26H26ClN3O5. The van der Waals surface area contributed by atoms with Gasteiger partial charge in [-0.05, 0) is 66.9 Å². The monoisotopic (exact) mass is 495 g/mol. The molecule has 3 rings (SSSR count). The van der Waals surface area contributed by atoms with Crippen molar-refractivity contribution < 1.29 is 23.8 Å². The van der Waals surface area contributed by atoms with Crippen LogP contribution >= 0.6 is 11.6 Å². The van der Waals surface area contributed by atoms with E-state index in [0.29, 0.717) is 33.5 Å². The SMILES string of the molecule is COc1cc(/C=N/NC(=O)COc2cc(C)ccc2C)ccc1OCC(=O)Nc1ccccc1Cl. The Bertz CT molecular complexity index is 1230. The Labute approximate surface area is 208 Å². The summed E-state index contributed by atoms with van der Waals surface area (Å²) in [5.41, 5.74) is 5.58. The molecule has 3 aromatic rings. The number of ether oxygens (including phenoxy) is 3. The maximum absolute atomic E-state index is 12.2. The molecule has 0 atom stereocenters. The molecule has 9 heteroatoms. The Morgan fingerprint density at radius 1 is 0.914 bits per heavy atom. The van der Waals surface area contributed by atoms with Crippen LogP contribution in [-0.4, -0.2) is 38.4 Å². The minimum Gasteiger partial charge on any atom is -0.493 e. The van der Waals surface area contributed by atoms with Crippen LogP contribution < -0.4 is 25.0 Å². The van der Waals surface area contributed by atoms with Crippen LogP contribution in [0.5, 0.6) is 17.2 Å². The molecule has 0 bridgehead atoms. The quantitative estimate of drug-likeness (QED) is 0.318. The number of rotatable bonds is 10. The average Bonchev–Trinajstić information content (AvgIpc) is 2.85. The van der Waals surface area contributed by atoms with Crippen LogP contribution in [0.1, 0.15) is 16.7 Å². The van der Waals surface area contributed by atoms with E-state index >= 15 is 0 Å². The molecule has 0 unspecified atom stereocenters. The highest BCUT2D eigenvalue weighted by Gasteiger charge is 2.10. The maximum atomic E-state index is 12.2. The Morgan fingerprint density at radius 3 is 2.43 bits per heavy atom. The van der Waals surface area contributed by atoms with E-state index in [2.05, 4.69) is 15.8 Å². The number of carbonyl (C=O) groups is 2. The van der Waals surface area contributed by atoms with Crippen LogP contribution in [-0.2, 0) is 9.59 Å². The molecule has 0 fully saturated rings. The summed E-state index contributed by atoms with van der Waals surface area (Å²) in [5.74, 6) is 0.689. The number of amides is 2. The first-order chi connectivity index (χ1) is 16.9. The number of anilines is 1. The summed E-state index contributed by atoms with van der Waals surface area (Å²) in [6.45, 7) is 3.48. The first kappa shape index (κ1) is 25.6. The molecule has 182 valence electrons. The zero-order valence-corrected chi connectivity index (χ0v) is 20.4. The fourth-order valence-electron chi connectivity index (χ4n) is 2.99. The van der Waals surface area contributed by atoms with Crippen LogP contribution in [0.25, 0.3) is 0 Å². The van der Waals surface area contributed by atoms with Crippen molar-refractivity contribution in [3.63, 3.8) is 0 Å². The summed E-state index contributed by atoms with van der Waals surface area (Å²) < 4.78 is 16.5. The molecular weight excluding hydrogens is 470 g/mol. The largest absolute Gasteiger partial charge is 0.493 e. The summed E-state index contributed by atoms with van der Waals surface area (Å²) in [7, 11) is 1.49. The van der Waals surface area contributed by atoms with E-state index in [9.17, 15) is 9.59 Å². The molecule has 0 heterocycles. The minimum absolute atomic E-state index is 0.159. The lowest BCUT2D eigenvalue weighted by Gasteiger charge is -2.12. The van der Waals surface area contributed by atoms with Crippen LogP contribution in [0.3, 0.4) is 0 Å². The van der Waals surface area contributed by atoms with Gasteiger partial charge in [-0.15, -0.1) is 0 Å². The second-order valence-corrected chi connectivity index (χ2v) is 7.98. The zero-order valence-electron chi connectivity index (χ0n) is 19.6. The van der Waals surface area contributed by atoms with Gasteiger partial charge in [0.05, 0.1) is 24.0 Å². The van der Waals surface area contributed by atoms with E-state index in [1.54, 1.807) is 42.5 Å². The standard InChI is InChI=1S/C26H26ClN3O5/c1-17-8-9-18(2)23(12-17)35-16-26(32)30-28-14-19-10-11-22(24(13-19)33-3)34-15-25(31)29-21-7-5-4-6-20(21)27/h4-14H,15-16H2,1-3H3,(H,29,31)(H,30,32)/b28-14+. The molecule has 0 spiro atoms. The number of methoxy groups -OCH3 is 1. The molecule has 35 heavy (non-hydrogen) atoms. The molecule has 2 N–H and O–H groups in total. The highest BCUT2D eigenvalue weighted by atomic mass is 35.5. The van der Waals surface area contributed by atoms with Crippen LogP contribution in [0, 0.1) is 13.8 Å². The third-order valence-electron chi connectivity index (χ3n) is 4.80. The van der Waals surface area contributed by atoms with Crippen LogP contribution in [0.4, 0.5) is 5.69 Å². The minimum atomic E-state index is -0.390. The van der Waals surface area contributed by atoms with Crippen molar-refractivity contribution in [2.45, 2.75) is 13.8 Å². The lowest BCUT2D eigenvalue weighted by Crippen LogP contribution is -2.24. The van der Waals surface area contributed by atoms with Gasteiger partial charge in [0, 0.05) is 0 Å². The molecule has 0 aromatic heterocycles.